The number of aromatic amines is 1. The van der Waals surface area contributed by atoms with Gasteiger partial charge >= 0.3 is 6.18 Å². The molecule has 0 radical (unpaired) electrons. The zero-order valence-electron chi connectivity index (χ0n) is 14.6. The maximum Gasteiger partial charge on any atom is 0.416 e. The number of fused-ring (bicyclic) bond motifs is 1. The minimum atomic E-state index is -4.36. The molecular formula is C18H20F3N5O. The van der Waals surface area contributed by atoms with Crippen LogP contribution >= 0.6 is 0 Å². The largest absolute Gasteiger partial charge is 0.416 e. The van der Waals surface area contributed by atoms with Gasteiger partial charge < -0.3 is 15.1 Å². The third kappa shape index (κ3) is 3.51. The smallest absolute Gasteiger partial charge is 0.368 e. The van der Waals surface area contributed by atoms with E-state index in [9.17, 15) is 18.0 Å². The van der Waals surface area contributed by atoms with Crippen molar-refractivity contribution in [1.29, 1.82) is 0 Å². The SMILES string of the molecule is O=C(c1n[nH]c2c1CNCC2)N1CCN(c2cccc(C(F)(F)F)c2)CC1. The number of carbonyl (C=O) groups is 1. The van der Waals surface area contributed by atoms with Gasteiger partial charge in [0.2, 0.25) is 0 Å². The molecule has 3 heterocycles. The number of rotatable bonds is 2. The Balaban J connectivity index is 1.43. The van der Waals surface area contributed by atoms with Crippen molar-refractivity contribution in [3.8, 4) is 0 Å². The summed E-state index contributed by atoms with van der Waals surface area (Å²) in [5.41, 5.74) is 2.24. The molecule has 6 nitrogen and oxygen atoms in total. The van der Waals surface area contributed by atoms with Crippen LogP contribution in [0.25, 0.3) is 0 Å². The summed E-state index contributed by atoms with van der Waals surface area (Å²) in [6.07, 6.45) is -3.54. The zero-order chi connectivity index (χ0) is 19.0. The number of carbonyl (C=O) groups excluding carboxylic acids is 1. The van der Waals surface area contributed by atoms with E-state index in [-0.39, 0.29) is 5.91 Å². The summed E-state index contributed by atoms with van der Waals surface area (Å²) in [6, 6.07) is 5.31. The molecule has 2 N–H and O–H groups in total. The highest BCUT2D eigenvalue weighted by atomic mass is 19.4. The predicted molar refractivity (Wildman–Crippen MR) is 93.6 cm³/mol. The fourth-order valence-electron chi connectivity index (χ4n) is 3.60. The van der Waals surface area contributed by atoms with Gasteiger partial charge in [-0.1, -0.05) is 6.07 Å². The lowest BCUT2D eigenvalue weighted by atomic mass is 10.1. The van der Waals surface area contributed by atoms with E-state index in [1.807, 2.05) is 4.90 Å². The summed E-state index contributed by atoms with van der Waals surface area (Å²) in [5, 5.41) is 10.4. The topological polar surface area (TPSA) is 64.3 Å². The third-order valence-electron chi connectivity index (χ3n) is 5.11. The van der Waals surface area contributed by atoms with Gasteiger partial charge in [-0.15, -0.1) is 0 Å². The fourth-order valence-corrected chi connectivity index (χ4v) is 3.60. The Bertz CT molecular complexity index is 840. The molecule has 0 spiro atoms. The van der Waals surface area contributed by atoms with E-state index >= 15 is 0 Å². The molecule has 0 atom stereocenters. The van der Waals surface area contributed by atoms with Crippen LogP contribution in [0.1, 0.15) is 27.3 Å². The first kappa shape index (κ1) is 17.8. The summed E-state index contributed by atoms with van der Waals surface area (Å²) in [4.78, 5) is 16.4. The summed E-state index contributed by atoms with van der Waals surface area (Å²) < 4.78 is 38.7. The molecule has 0 bridgehead atoms. The van der Waals surface area contributed by atoms with E-state index in [0.717, 1.165) is 36.4 Å². The fraction of sp³-hybridized carbons (Fsp3) is 0.444. The Morgan fingerprint density at radius 2 is 1.93 bits per heavy atom. The summed E-state index contributed by atoms with van der Waals surface area (Å²) in [7, 11) is 0. The molecule has 1 saturated heterocycles. The molecule has 27 heavy (non-hydrogen) atoms. The second kappa shape index (κ2) is 6.88. The first-order chi connectivity index (χ1) is 12.9. The lowest BCUT2D eigenvalue weighted by Crippen LogP contribution is -2.49. The maximum absolute atomic E-state index is 12.9. The Labute approximate surface area is 154 Å². The Hall–Kier alpha value is -2.55. The second-order valence-corrected chi connectivity index (χ2v) is 6.78. The van der Waals surface area contributed by atoms with Gasteiger partial charge in [-0.3, -0.25) is 9.89 Å². The number of aromatic nitrogens is 2. The van der Waals surface area contributed by atoms with Crippen LogP contribution in [0, 0.1) is 0 Å². The second-order valence-electron chi connectivity index (χ2n) is 6.78. The molecule has 1 amide bonds. The minimum absolute atomic E-state index is 0.125. The molecular weight excluding hydrogens is 359 g/mol. The molecule has 9 heteroatoms. The molecule has 2 aliphatic heterocycles. The van der Waals surface area contributed by atoms with Crippen LogP contribution in [0.5, 0.6) is 0 Å². The predicted octanol–water partition coefficient (Wildman–Crippen LogP) is 2.04. The maximum atomic E-state index is 12.9. The van der Waals surface area contributed by atoms with E-state index in [1.165, 1.54) is 6.07 Å². The normalized spacial score (nSPS) is 17.7. The minimum Gasteiger partial charge on any atom is -0.368 e. The number of amides is 1. The average Bonchev–Trinajstić information content (AvgIpc) is 3.11. The van der Waals surface area contributed by atoms with Gasteiger partial charge in [0.25, 0.3) is 5.91 Å². The Morgan fingerprint density at radius 3 is 2.67 bits per heavy atom. The number of anilines is 1. The van der Waals surface area contributed by atoms with E-state index < -0.39 is 11.7 Å². The van der Waals surface area contributed by atoms with Crippen LogP contribution in [0.4, 0.5) is 18.9 Å². The summed E-state index contributed by atoms with van der Waals surface area (Å²) in [6.45, 7) is 3.35. The van der Waals surface area contributed by atoms with Crippen molar-refractivity contribution in [2.75, 3.05) is 37.6 Å². The molecule has 1 aromatic heterocycles. The van der Waals surface area contributed by atoms with Crippen LogP contribution in [-0.4, -0.2) is 53.7 Å². The summed E-state index contributed by atoms with van der Waals surface area (Å²) in [5.74, 6) is -0.125. The number of halogens is 3. The molecule has 144 valence electrons. The Kier molecular flexibility index (Phi) is 4.55. The highest BCUT2D eigenvalue weighted by molar-refractivity contribution is 5.94. The van der Waals surface area contributed by atoms with Gasteiger partial charge in [0.1, 0.15) is 0 Å². The highest BCUT2D eigenvalue weighted by Gasteiger charge is 2.32. The number of nitrogens with one attached hydrogen (secondary N) is 2. The van der Waals surface area contributed by atoms with Gasteiger partial charge in [-0.2, -0.15) is 18.3 Å². The lowest BCUT2D eigenvalue weighted by molar-refractivity contribution is -0.137. The first-order valence-corrected chi connectivity index (χ1v) is 8.92. The highest BCUT2D eigenvalue weighted by Crippen LogP contribution is 2.32. The monoisotopic (exact) mass is 379 g/mol. The van der Waals surface area contributed by atoms with E-state index in [2.05, 4.69) is 15.5 Å². The molecule has 1 fully saturated rings. The molecule has 2 aliphatic rings. The Morgan fingerprint density at radius 1 is 1.15 bits per heavy atom. The number of benzene rings is 1. The standard InChI is InChI=1S/C18H20F3N5O/c19-18(20,21)12-2-1-3-13(10-12)25-6-8-26(9-7-25)17(27)16-14-11-22-5-4-15(14)23-24-16/h1-3,10,22H,4-9,11H2,(H,23,24). The zero-order valence-corrected chi connectivity index (χ0v) is 14.6. The molecule has 1 aromatic carbocycles. The van der Waals surface area contributed by atoms with Crippen molar-refractivity contribution in [3.05, 3.63) is 46.8 Å². The van der Waals surface area contributed by atoms with Crippen molar-refractivity contribution >= 4 is 11.6 Å². The lowest BCUT2D eigenvalue weighted by Gasteiger charge is -2.36. The summed E-state index contributed by atoms with van der Waals surface area (Å²) >= 11 is 0. The molecule has 0 saturated carbocycles. The number of piperazine rings is 1. The quantitative estimate of drug-likeness (QED) is 0.838. The van der Waals surface area contributed by atoms with Gasteiger partial charge in [-0.05, 0) is 18.2 Å². The molecule has 2 aromatic rings. The van der Waals surface area contributed by atoms with E-state index in [0.29, 0.717) is 44.1 Å². The molecule has 0 unspecified atom stereocenters. The van der Waals surface area contributed by atoms with Crippen LogP contribution in [0.15, 0.2) is 24.3 Å². The van der Waals surface area contributed by atoms with Crippen molar-refractivity contribution in [3.63, 3.8) is 0 Å². The van der Waals surface area contributed by atoms with Crippen LogP contribution < -0.4 is 10.2 Å². The number of hydrogen-bond acceptors (Lipinski definition) is 4. The first-order valence-electron chi connectivity index (χ1n) is 8.92. The van der Waals surface area contributed by atoms with Gasteiger partial charge in [0.05, 0.1) is 5.56 Å². The van der Waals surface area contributed by atoms with Crippen molar-refractivity contribution in [2.45, 2.75) is 19.1 Å². The number of alkyl halides is 3. The number of hydrogen-bond donors (Lipinski definition) is 2. The number of H-pyrrole nitrogens is 1. The average molecular weight is 379 g/mol. The van der Waals surface area contributed by atoms with E-state index in [1.54, 1.807) is 11.0 Å². The van der Waals surface area contributed by atoms with Crippen molar-refractivity contribution < 1.29 is 18.0 Å². The van der Waals surface area contributed by atoms with Crippen LogP contribution in [-0.2, 0) is 19.1 Å². The number of nitrogens with zero attached hydrogens (tertiary/aromatic N) is 3. The van der Waals surface area contributed by atoms with Crippen LogP contribution in [0.3, 0.4) is 0 Å². The van der Waals surface area contributed by atoms with Gasteiger partial charge in [-0.25, -0.2) is 0 Å². The molecule has 4 rings (SSSR count). The van der Waals surface area contributed by atoms with E-state index in [4.69, 9.17) is 0 Å². The third-order valence-corrected chi connectivity index (χ3v) is 5.11. The van der Waals surface area contributed by atoms with Gasteiger partial charge in [0.15, 0.2) is 5.69 Å². The molecule has 0 aliphatic carbocycles. The van der Waals surface area contributed by atoms with Gasteiger partial charge in [0, 0.05) is 62.6 Å². The van der Waals surface area contributed by atoms with Crippen molar-refractivity contribution in [2.24, 2.45) is 0 Å². The van der Waals surface area contributed by atoms with Crippen LogP contribution in [0.2, 0.25) is 0 Å². The van der Waals surface area contributed by atoms with Crippen molar-refractivity contribution in [1.82, 2.24) is 20.4 Å².